The SMILES string of the molecule is CN(Cc1ncccc1F)C(=O)C1=C[C@@]23CC[C@]1(O)[C@@H]1Oc4c(O)ccc5c4[C@@]12CCN(CC1CC1)[C@@H]3C5. The molecule has 1 saturated heterocycles. The van der Waals surface area contributed by atoms with E-state index < -0.39 is 22.9 Å². The third-order valence-electron chi connectivity index (χ3n) is 10.6. The number of hydrogen-bond acceptors (Lipinski definition) is 6. The number of hydrogen-bond donors (Lipinski definition) is 2. The van der Waals surface area contributed by atoms with E-state index in [9.17, 15) is 19.4 Å². The van der Waals surface area contributed by atoms with Crippen LogP contribution >= 0.6 is 0 Å². The highest BCUT2D eigenvalue weighted by Gasteiger charge is 2.78. The van der Waals surface area contributed by atoms with Crippen LogP contribution in [0, 0.1) is 17.2 Å². The lowest BCUT2D eigenvalue weighted by atomic mass is 9.38. The highest BCUT2D eigenvalue weighted by atomic mass is 19.1. The number of aliphatic hydroxyl groups is 1. The number of fused-ring (bicyclic) bond motifs is 1. The van der Waals surface area contributed by atoms with Gasteiger partial charge in [-0.1, -0.05) is 12.1 Å². The second-order valence-electron chi connectivity index (χ2n) is 12.4. The molecule has 1 amide bonds. The second-order valence-corrected chi connectivity index (χ2v) is 12.4. The van der Waals surface area contributed by atoms with E-state index in [1.807, 2.05) is 6.07 Å². The number of carbonyl (C=O) groups excluding carboxylic acids is 1. The largest absolute Gasteiger partial charge is 0.504 e. The highest BCUT2D eigenvalue weighted by Crippen LogP contribution is 2.74. The summed E-state index contributed by atoms with van der Waals surface area (Å²) in [6, 6.07) is 6.79. The topological polar surface area (TPSA) is 86.1 Å². The summed E-state index contributed by atoms with van der Waals surface area (Å²) in [7, 11) is 1.63. The van der Waals surface area contributed by atoms with Crippen LogP contribution < -0.4 is 4.74 Å². The van der Waals surface area contributed by atoms with Crippen LogP contribution in [0.4, 0.5) is 4.39 Å². The molecule has 2 spiro atoms. The first kappa shape index (κ1) is 23.0. The van der Waals surface area contributed by atoms with Gasteiger partial charge >= 0.3 is 0 Å². The number of aromatic hydroxyl groups is 1. The van der Waals surface area contributed by atoms with Crippen LogP contribution in [0.25, 0.3) is 0 Å². The molecule has 5 aliphatic carbocycles. The number of phenolic OH excluding ortho intramolecular Hbond substituents is 1. The van der Waals surface area contributed by atoms with Gasteiger partial charge in [0.25, 0.3) is 5.91 Å². The Hall–Kier alpha value is -2.97. The predicted octanol–water partition coefficient (Wildman–Crippen LogP) is 3.08. The maximum Gasteiger partial charge on any atom is 0.252 e. The van der Waals surface area contributed by atoms with E-state index in [4.69, 9.17) is 4.74 Å². The number of phenols is 1. The van der Waals surface area contributed by atoms with E-state index >= 15 is 0 Å². The Kier molecular flexibility index (Phi) is 4.45. The summed E-state index contributed by atoms with van der Waals surface area (Å²) in [6.45, 7) is 1.99. The molecule has 7 nitrogen and oxygen atoms in total. The summed E-state index contributed by atoms with van der Waals surface area (Å²) in [4.78, 5) is 22.2. The third-order valence-corrected chi connectivity index (χ3v) is 10.6. The lowest BCUT2D eigenvalue weighted by molar-refractivity contribution is -0.188. The molecule has 3 fully saturated rings. The van der Waals surface area contributed by atoms with E-state index in [0.717, 1.165) is 43.8 Å². The summed E-state index contributed by atoms with van der Waals surface area (Å²) < 4.78 is 20.9. The minimum absolute atomic E-state index is 0.00495. The lowest BCUT2D eigenvalue weighted by Gasteiger charge is -2.70. The number of halogens is 1. The molecule has 0 unspecified atom stereocenters. The van der Waals surface area contributed by atoms with Gasteiger partial charge in [-0.15, -0.1) is 0 Å². The molecular formula is C30H32FN3O4. The predicted molar refractivity (Wildman–Crippen MR) is 136 cm³/mol. The molecular weight excluding hydrogens is 485 g/mol. The van der Waals surface area contributed by atoms with Gasteiger partial charge < -0.3 is 19.8 Å². The normalized spacial score (nSPS) is 35.9. The zero-order valence-electron chi connectivity index (χ0n) is 21.5. The first-order valence-corrected chi connectivity index (χ1v) is 13.8. The van der Waals surface area contributed by atoms with E-state index in [-0.39, 0.29) is 35.4 Å². The van der Waals surface area contributed by atoms with Crippen molar-refractivity contribution in [2.75, 3.05) is 20.1 Å². The zero-order valence-corrected chi connectivity index (χ0v) is 21.5. The second kappa shape index (κ2) is 7.36. The summed E-state index contributed by atoms with van der Waals surface area (Å²) >= 11 is 0. The Morgan fingerprint density at radius 1 is 1.26 bits per heavy atom. The molecule has 5 atom stereocenters. The standard InChI is InChI=1S/C30H32FN3O4/c1-33(16-21-20(31)3-2-11-32-21)26(36)19-14-28-8-9-30(19,37)27-29(28)10-12-34(15-17-4-5-17)23(28)13-18-6-7-22(35)25(38-27)24(18)29/h2-3,6-7,11,14,17,23,27,35,37H,4-5,8-10,12-13,15-16H2,1H3/t23-,27-,28-,29+,30-/m1/s1. The first-order chi connectivity index (χ1) is 18.3. The van der Waals surface area contributed by atoms with Gasteiger partial charge in [0.05, 0.1) is 17.7 Å². The molecule has 7 aliphatic rings. The molecule has 2 saturated carbocycles. The molecule has 3 heterocycles. The van der Waals surface area contributed by atoms with E-state index in [0.29, 0.717) is 17.7 Å². The Labute approximate surface area is 220 Å². The van der Waals surface area contributed by atoms with Gasteiger partial charge in [0.2, 0.25) is 0 Å². The first-order valence-electron chi connectivity index (χ1n) is 13.8. The van der Waals surface area contributed by atoms with Crippen molar-refractivity contribution in [3.8, 4) is 11.5 Å². The quantitative estimate of drug-likeness (QED) is 0.634. The van der Waals surface area contributed by atoms with Crippen molar-refractivity contribution in [1.29, 1.82) is 0 Å². The van der Waals surface area contributed by atoms with Crippen LogP contribution in [-0.2, 0) is 23.2 Å². The molecule has 2 aliphatic heterocycles. The molecule has 38 heavy (non-hydrogen) atoms. The van der Waals surface area contributed by atoms with Crippen molar-refractivity contribution < 1.29 is 24.1 Å². The number of likely N-dealkylation sites (N-methyl/N-ethyl adjacent to an activating group) is 1. The van der Waals surface area contributed by atoms with Crippen molar-refractivity contribution in [2.45, 2.75) is 68.2 Å². The minimum atomic E-state index is -1.50. The number of pyridine rings is 1. The number of benzene rings is 1. The van der Waals surface area contributed by atoms with E-state index in [2.05, 4.69) is 16.0 Å². The van der Waals surface area contributed by atoms with E-state index in [1.165, 1.54) is 41.6 Å². The van der Waals surface area contributed by atoms with Crippen molar-refractivity contribution in [3.05, 3.63) is 64.7 Å². The Morgan fingerprint density at radius 3 is 2.89 bits per heavy atom. The van der Waals surface area contributed by atoms with Gasteiger partial charge in [0, 0.05) is 42.4 Å². The van der Waals surface area contributed by atoms with Gasteiger partial charge in [-0.05, 0) is 74.8 Å². The smallest absolute Gasteiger partial charge is 0.252 e. The Balaban J connectivity index is 1.27. The molecule has 0 radical (unpaired) electrons. The van der Waals surface area contributed by atoms with Gasteiger partial charge in [-0.2, -0.15) is 0 Å². The average molecular weight is 518 g/mol. The van der Waals surface area contributed by atoms with Crippen LogP contribution in [0.3, 0.4) is 0 Å². The molecule has 2 aromatic rings. The van der Waals surface area contributed by atoms with Crippen LogP contribution in [-0.4, -0.2) is 68.8 Å². The summed E-state index contributed by atoms with van der Waals surface area (Å²) in [5.74, 6) is 0.532. The number of likely N-dealkylation sites (tertiary alicyclic amines) is 1. The molecule has 2 N–H and O–H groups in total. The van der Waals surface area contributed by atoms with Crippen molar-refractivity contribution in [3.63, 3.8) is 0 Å². The number of piperidine rings is 1. The number of ether oxygens (including phenoxy) is 1. The van der Waals surface area contributed by atoms with Crippen LogP contribution in [0.1, 0.15) is 48.9 Å². The molecule has 4 bridgehead atoms. The van der Waals surface area contributed by atoms with Crippen molar-refractivity contribution in [2.24, 2.45) is 11.3 Å². The number of nitrogens with zero attached hydrogens (tertiary/aromatic N) is 3. The van der Waals surface area contributed by atoms with Crippen molar-refractivity contribution >= 4 is 5.91 Å². The molecule has 8 heteroatoms. The molecule has 9 rings (SSSR count). The fraction of sp³-hybridized carbons (Fsp3) is 0.533. The maximum absolute atomic E-state index is 14.4. The summed E-state index contributed by atoms with van der Waals surface area (Å²) in [5.41, 5.74) is 0.406. The fourth-order valence-electron chi connectivity index (χ4n) is 8.84. The zero-order chi connectivity index (χ0) is 26.0. The van der Waals surface area contributed by atoms with Crippen LogP contribution in [0.15, 0.2) is 42.1 Å². The lowest BCUT2D eigenvalue weighted by Crippen LogP contribution is -2.78. The Bertz CT molecular complexity index is 1420. The summed E-state index contributed by atoms with van der Waals surface area (Å²) in [6.07, 6.45) is 8.33. The Morgan fingerprint density at radius 2 is 2.11 bits per heavy atom. The highest BCUT2D eigenvalue weighted by molar-refractivity contribution is 5.97. The number of amides is 1. The third kappa shape index (κ3) is 2.65. The van der Waals surface area contributed by atoms with Crippen molar-refractivity contribution in [1.82, 2.24) is 14.8 Å². The van der Waals surface area contributed by atoms with Gasteiger partial charge in [0.15, 0.2) is 11.5 Å². The number of carbonyl (C=O) groups is 1. The van der Waals surface area contributed by atoms with Gasteiger partial charge in [0.1, 0.15) is 17.5 Å². The fourth-order valence-corrected chi connectivity index (χ4v) is 8.84. The summed E-state index contributed by atoms with van der Waals surface area (Å²) in [5, 5.41) is 23.2. The van der Waals surface area contributed by atoms with E-state index in [1.54, 1.807) is 13.1 Å². The molecule has 198 valence electrons. The van der Waals surface area contributed by atoms with Crippen LogP contribution in [0.2, 0.25) is 0 Å². The monoisotopic (exact) mass is 517 g/mol. The van der Waals surface area contributed by atoms with Gasteiger partial charge in [-0.3, -0.25) is 14.7 Å². The maximum atomic E-state index is 14.4. The minimum Gasteiger partial charge on any atom is -0.504 e. The van der Waals surface area contributed by atoms with Crippen LogP contribution in [0.5, 0.6) is 11.5 Å². The van der Waals surface area contributed by atoms with Gasteiger partial charge in [-0.25, -0.2) is 4.39 Å². The number of rotatable bonds is 5. The molecule has 1 aromatic carbocycles. The molecule has 1 aromatic heterocycles. The average Bonchev–Trinajstić information content (AvgIpc) is 3.65. The number of aromatic nitrogens is 1.